The maximum atomic E-state index is 12.3. The van der Waals surface area contributed by atoms with E-state index in [-0.39, 0.29) is 25.0 Å². The molecule has 2 aromatic rings. The second kappa shape index (κ2) is 22.2. The number of amides is 2. The van der Waals surface area contributed by atoms with Crippen LogP contribution in [0.5, 0.6) is 5.75 Å². The summed E-state index contributed by atoms with van der Waals surface area (Å²) in [6, 6.07) is 15.9. The molecule has 0 aromatic heterocycles. The molecule has 0 bridgehead atoms. The molecule has 0 aliphatic rings. The summed E-state index contributed by atoms with van der Waals surface area (Å²) in [5.74, 6) is -0.470. The first-order valence-electron chi connectivity index (χ1n) is 13.6. The Kier molecular flexibility index (Phi) is 18.2. The standard InChI is InChI=1S/C29H41N3O9/c30-10-11-31-27(33)9-13-36-15-17-38-19-20-39-18-16-37-14-12-32-28(34)23-40-26-8-4-7-25(21-26)29(35)41-22-24-5-2-1-3-6-24/h1-8,21H,9-20,22-23,30H2,(H,31,33)(H,32,34). The number of ether oxygens (including phenoxy) is 6. The Labute approximate surface area is 240 Å². The zero-order valence-corrected chi connectivity index (χ0v) is 23.3. The average molecular weight is 576 g/mol. The van der Waals surface area contributed by atoms with Gasteiger partial charge >= 0.3 is 5.97 Å². The number of esters is 1. The number of rotatable bonds is 23. The largest absolute Gasteiger partial charge is 0.484 e. The first kappa shape index (κ1) is 33.7. The molecule has 0 aliphatic heterocycles. The SMILES string of the molecule is NCCNC(=O)CCOCCOCCOCCOCCNC(=O)COc1cccc(C(=O)OCc2ccccc2)c1. The Morgan fingerprint density at radius 2 is 1.32 bits per heavy atom. The van der Waals surface area contributed by atoms with Crippen molar-refractivity contribution in [2.75, 3.05) is 79.1 Å². The fourth-order valence-corrected chi connectivity index (χ4v) is 3.21. The van der Waals surface area contributed by atoms with Crippen LogP contribution in [-0.2, 0) is 39.9 Å². The highest BCUT2D eigenvalue weighted by Crippen LogP contribution is 2.15. The Morgan fingerprint density at radius 3 is 2.00 bits per heavy atom. The van der Waals surface area contributed by atoms with Crippen LogP contribution in [-0.4, -0.2) is 96.9 Å². The van der Waals surface area contributed by atoms with E-state index in [2.05, 4.69) is 10.6 Å². The van der Waals surface area contributed by atoms with Gasteiger partial charge in [0, 0.05) is 26.1 Å². The van der Waals surface area contributed by atoms with Crippen LogP contribution in [0.3, 0.4) is 0 Å². The van der Waals surface area contributed by atoms with Gasteiger partial charge in [-0.25, -0.2) is 4.79 Å². The van der Waals surface area contributed by atoms with Crippen molar-refractivity contribution < 1.29 is 42.8 Å². The summed E-state index contributed by atoms with van der Waals surface area (Å²) in [4.78, 5) is 35.7. The highest BCUT2D eigenvalue weighted by atomic mass is 16.6. The lowest BCUT2D eigenvalue weighted by Crippen LogP contribution is -2.32. The molecular weight excluding hydrogens is 534 g/mol. The minimum Gasteiger partial charge on any atom is -0.484 e. The lowest BCUT2D eigenvalue weighted by Gasteiger charge is -2.10. The molecule has 12 heteroatoms. The average Bonchev–Trinajstić information content (AvgIpc) is 3.00. The van der Waals surface area contributed by atoms with Crippen LogP contribution in [0.15, 0.2) is 54.6 Å². The molecule has 0 aliphatic carbocycles. The van der Waals surface area contributed by atoms with Crippen molar-refractivity contribution >= 4 is 17.8 Å². The van der Waals surface area contributed by atoms with Crippen molar-refractivity contribution in [3.63, 3.8) is 0 Å². The first-order valence-corrected chi connectivity index (χ1v) is 13.6. The molecule has 0 radical (unpaired) electrons. The van der Waals surface area contributed by atoms with Crippen LogP contribution in [0.2, 0.25) is 0 Å². The summed E-state index contributed by atoms with van der Waals surface area (Å²) in [5, 5.41) is 5.37. The van der Waals surface area contributed by atoms with E-state index in [0.717, 1.165) is 5.56 Å². The minimum atomic E-state index is -0.472. The summed E-state index contributed by atoms with van der Waals surface area (Å²) in [6.07, 6.45) is 0.296. The zero-order chi connectivity index (χ0) is 29.4. The van der Waals surface area contributed by atoms with E-state index in [1.807, 2.05) is 30.3 Å². The Hall–Kier alpha value is -3.55. The van der Waals surface area contributed by atoms with E-state index < -0.39 is 5.97 Å². The van der Waals surface area contributed by atoms with Crippen LogP contribution in [0.25, 0.3) is 0 Å². The van der Waals surface area contributed by atoms with Crippen LogP contribution < -0.4 is 21.1 Å². The molecule has 4 N–H and O–H groups in total. The van der Waals surface area contributed by atoms with Gasteiger partial charge in [0.05, 0.1) is 58.4 Å². The predicted molar refractivity (Wildman–Crippen MR) is 150 cm³/mol. The number of nitrogens with one attached hydrogen (secondary N) is 2. The van der Waals surface area contributed by atoms with Crippen LogP contribution >= 0.6 is 0 Å². The third-order valence-electron chi connectivity index (χ3n) is 5.28. The fourth-order valence-electron chi connectivity index (χ4n) is 3.21. The fraction of sp³-hybridized carbons (Fsp3) is 0.483. The second-order valence-corrected chi connectivity index (χ2v) is 8.57. The lowest BCUT2D eigenvalue weighted by atomic mass is 10.2. The second-order valence-electron chi connectivity index (χ2n) is 8.57. The molecule has 2 aromatic carbocycles. The smallest absolute Gasteiger partial charge is 0.338 e. The summed E-state index contributed by atoms with van der Waals surface area (Å²) < 4.78 is 32.4. The molecule has 2 amide bonds. The van der Waals surface area contributed by atoms with Crippen molar-refractivity contribution in [2.45, 2.75) is 13.0 Å². The number of hydrogen-bond donors (Lipinski definition) is 3. The third-order valence-corrected chi connectivity index (χ3v) is 5.28. The molecule has 0 unspecified atom stereocenters. The van der Waals surface area contributed by atoms with Gasteiger partial charge in [-0.3, -0.25) is 9.59 Å². The zero-order valence-electron chi connectivity index (χ0n) is 23.3. The van der Waals surface area contributed by atoms with E-state index in [1.54, 1.807) is 18.2 Å². The monoisotopic (exact) mass is 575 g/mol. The quantitative estimate of drug-likeness (QED) is 0.129. The molecular formula is C29H41N3O9. The van der Waals surface area contributed by atoms with Gasteiger partial charge in [-0.15, -0.1) is 0 Å². The number of benzene rings is 2. The molecule has 0 saturated heterocycles. The Balaban J connectivity index is 1.40. The van der Waals surface area contributed by atoms with E-state index in [4.69, 9.17) is 34.2 Å². The number of hydrogen-bond acceptors (Lipinski definition) is 10. The van der Waals surface area contributed by atoms with Crippen LogP contribution in [0, 0.1) is 0 Å². The van der Waals surface area contributed by atoms with Crippen LogP contribution in [0.4, 0.5) is 0 Å². The van der Waals surface area contributed by atoms with E-state index in [9.17, 15) is 14.4 Å². The van der Waals surface area contributed by atoms with Crippen molar-refractivity contribution in [3.8, 4) is 5.75 Å². The lowest BCUT2D eigenvalue weighted by molar-refractivity contribution is -0.123. The van der Waals surface area contributed by atoms with Gasteiger partial charge in [0.25, 0.3) is 5.91 Å². The normalized spacial score (nSPS) is 10.7. The topological polar surface area (TPSA) is 157 Å². The van der Waals surface area contributed by atoms with E-state index in [0.29, 0.717) is 90.2 Å². The number of nitrogens with two attached hydrogens (primary N) is 1. The maximum absolute atomic E-state index is 12.3. The Morgan fingerprint density at radius 1 is 0.683 bits per heavy atom. The predicted octanol–water partition coefficient (Wildman–Crippen LogP) is 1.07. The molecule has 226 valence electrons. The maximum Gasteiger partial charge on any atom is 0.338 e. The van der Waals surface area contributed by atoms with Gasteiger partial charge in [-0.1, -0.05) is 36.4 Å². The summed E-state index contributed by atoms with van der Waals surface area (Å²) >= 11 is 0. The highest BCUT2D eigenvalue weighted by molar-refractivity contribution is 5.89. The third kappa shape index (κ3) is 17.0. The summed E-state index contributed by atoms with van der Waals surface area (Å²) in [7, 11) is 0. The van der Waals surface area contributed by atoms with Gasteiger partial charge in [0.15, 0.2) is 6.61 Å². The van der Waals surface area contributed by atoms with Gasteiger partial charge < -0.3 is 44.8 Å². The van der Waals surface area contributed by atoms with Crippen molar-refractivity contribution in [2.24, 2.45) is 5.73 Å². The van der Waals surface area contributed by atoms with Gasteiger partial charge in [0.1, 0.15) is 12.4 Å². The van der Waals surface area contributed by atoms with E-state index >= 15 is 0 Å². The first-order chi connectivity index (χ1) is 20.1. The van der Waals surface area contributed by atoms with Gasteiger partial charge in [0.2, 0.25) is 5.91 Å². The van der Waals surface area contributed by atoms with Gasteiger partial charge in [-0.2, -0.15) is 0 Å². The Bertz CT molecular complexity index is 1010. The van der Waals surface area contributed by atoms with Crippen molar-refractivity contribution in [1.29, 1.82) is 0 Å². The molecule has 41 heavy (non-hydrogen) atoms. The molecule has 0 saturated carbocycles. The summed E-state index contributed by atoms with van der Waals surface area (Å²) in [5.41, 5.74) is 6.54. The van der Waals surface area contributed by atoms with Crippen LogP contribution in [0.1, 0.15) is 22.3 Å². The van der Waals surface area contributed by atoms with E-state index in [1.165, 1.54) is 6.07 Å². The van der Waals surface area contributed by atoms with Gasteiger partial charge in [-0.05, 0) is 23.8 Å². The highest BCUT2D eigenvalue weighted by Gasteiger charge is 2.10. The molecule has 0 fully saturated rings. The minimum absolute atomic E-state index is 0.0818. The van der Waals surface area contributed by atoms with Crippen molar-refractivity contribution in [3.05, 3.63) is 65.7 Å². The summed E-state index contributed by atoms with van der Waals surface area (Å²) in [6.45, 7) is 4.30. The molecule has 0 heterocycles. The number of carbonyl (C=O) groups is 3. The molecule has 12 nitrogen and oxygen atoms in total. The molecule has 0 atom stereocenters. The molecule has 2 rings (SSSR count). The molecule has 0 spiro atoms. The van der Waals surface area contributed by atoms with Crippen molar-refractivity contribution in [1.82, 2.24) is 10.6 Å². The number of carbonyl (C=O) groups excluding carboxylic acids is 3.